The van der Waals surface area contributed by atoms with E-state index >= 15 is 0 Å². The van der Waals surface area contributed by atoms with Crippen LogP contribution in [0.2, 0.25) is 0 Å². The molecule has 17 heavy (non-hydrogen) atoms. The van der Waals surface area contributed by atoms with Crippen molar-refractivity contribution in [1.29, 1.82) is 0 Å². The van der Waals surface area contributed by atoms with Gasteiger partial charge in [-0.25, -0.2) is 0 Å². The van der Waals surface area contributed by atoms with Crippen LogP contribution in [0.25, 0.3) is 0 Å². The van der Waals surface area contributed by atoms with Gasteiger partial charge >= 0.3 is 0 Å². The zero-order valence-electron chi connectivity index (χ0n) is 10.3. The maximum absolute atomic E-state index is 11.9. The molecule has 1 aromatic rings. The van der Waals surface area contributed by atoms with Crippen molar-refractivity contribution in [2.75, 3.05) is 19.6 Å². The van der Waals surface area contributed by atoms with E-state index in [0.29, 0.717) is 17.9 Å². The third kappa shape index (κ3) is 2.97. The zero-order valence-corrected chi connectivity index (χ0v) is 10.3. The van der Waals surface area contributed by atoms with E-state index in [-0.39, 0.29) is 5.91 Å². The zero-order chi connectivity index (χ0) is 12.3. The van der Waals surface area contributed by atoms with Gasteiger partial charge in [-0.05, 0) is 32.9 Å². The van der Waals surface area contributed by atoms with Crippen LogP contribution in [0.15, 0.2) is 22.1 Å². The molecule has 0 radical (unpaired) electrons. The highest BCUT2D eigenvalue weighted by Gasteiger charge is 2.13. The summed E-state index contributed by atoms with van der Waals surface area (Å²) in [6, 6.07) is 1.78. The van der Waals surface area contributed by atoms with Crippen LogP contribution in [0.3, 0.4) is 0 Å². The fraction of sp³-hybridized carbons (Fsp3) is 0.462. The summed E-state index contributed by atoms with van der Waals surface area (Å²) >= 11 is 0. The molecule has 0 bridgehead atoms. The number of rotatable bonds is 3. The first-order chi connectivity index (χ1) is 8.16. The molecule has 1 aromatic heterocycles. The average Bonchev–Trinajstić information content (AvgIpc) is 2.67. The van der Waals surface area contributed by atoms with E-state index in [1.807, 2.05) is 13.8 Å². The Morgan fingerprint density at radius 3 is 2.94 bits per heavy atom. The van der Waals surface area contributed by atoms with Crippen LogP contribution in [0, 0.1) is 13.8 Å². The molecule has 1 aliphatic heterocycles. The van der Waals surface area contributed by atoms with Gasteiger partial charge in [0, 0.05) is 13.1 Å². The molecule has 0 unspecified atom stereocenters. The molecule has 2 N–H and O–H groups in total. The lowest BCUT2D eigenvalue weighted by atomic mass is 10.1. The van der Waals surface area contributed by atoms with Gasteiger partial charge in [-0.1, -0.05) is 11.6 Å². The number of amides is 1. The Kier molecular flexibility index (Phi) is 3.64. The third-order valence-electron chi connectivity index (χ3n) is 2.92. The Bertz CT molecular complexity index is 446. The van der Waals surface area contributed by atoms with Crippen molar-refractivity contribution < 1.29 is 9.21 Å². The second-order valence-electron chi connectivity index (χ2n) is 4.33. The molecule has 1 amide bonds. The lowest BCUT2D eigenvalue weighted by molar-refractivity contribution is 0.0955. The SMILES string of the molecule is Cc1cc(C(=O)NCC2=CCNCC2)c(C)o1. The van der Waals surface area contributed by atoms with Gasteiger partial charge in [-0.15, -0.1) is 0 Å². The van der Waals surface area contributed by atoms with E-state index in [0.717, 1.165) is 25.3 Å². The van der Waals surface area contributed by atoms with Gasteiger partial charge in [0.05, 0.1) is 5.56 Å². The van der Waals surface area contributed by atoms with E-state index in [1.165, 1.54) is 5.57 Å². The molecule has 0 aromatic carbocycles. The van der Waals surface area contributed by atoms with Gasteiger partial charge in [0.15, 0.2) is 0 Å². The third-order valence-corrected chi connectivity index (χ3v) is 2.92. The summed E-state index contributed by atoms with van der Waals surface area (Å²) in [6.07, 6.45) is 3.14. The number of carbonyl (C=O) groups excluding carboxylic acids is 1. The minimum absolute atomic E-state index is 0.0567. The molecule has 2 heterocycles. The number of nitrogens with one attached hydrogen (secondary N) is 2. The number of furan rings is 1. The molecule has 0 spiro atoms. The quantitative estimate of drug-likeness (QED) is 0.780. The van der Waals surface area contributed by atoms with E-state index in [1.54, 1.807) is 6.07 Å². The molecular formula is C13H18N2O2. The van der Waals surface area contributed by atoms with Crippen molar-refractivity contribution in [2.45, 2.75) is 20.3 Å². The van der Waals surface area contributed by atoms with Crippen LogP contribution in [-0.4, -0.2) is 25.5 Å². The van der Waals surface area contributed by atoms with E-state index in [4.69, 9.17) is 4.42 Å². The van der Waals surface area contributed by atoms with Crippen LogP contribution >= 0.6 is 0 Å². The Morgan fingerprint density at radius 2 is 2.35 bits per heavy atom. The molecule has 92 valence electrons. The van der Waals surface area contributed by atoms with E-state index < -0.39 is 0 Å². The van der Waals surface area contributed by atoms with Gasteiger partial charge < -0.3 is 15.1 Å². The highest BCUT2D eigenvalue weighted by atomic mass is 16.3. The first-order valence-corrected chi connectivity index (χ1v) is 5.90. The summed E-state index contributed by atoms with van der Waals surface area (Å²) in [5.74, 6) is 1.40. The summed E-state index contributed by atoms with van der Waals surface area (Å²) in [4.78, 5) is 11.9. The maximum atomic E-state index is 11.9. The molecule has 4 heteroatoms. The Morgan fingerprint density at radius 1 is 1.53 bits per heavy atom. The van der Waals surface area contributed by atoms with Crippen molar-refractivity contribution in [3.63, 3.8) is 0 Å². The normalized spacial score (nSPS) is 15.5. The number of carbonyl (C=O) groups is 1. The first-order valence-electron chi connectivity index (χ1n) is 5.90. The fourth-order valence-electron chi connectivity index (χ4n) is 1.98. The minimum atomic E-state index is -0.0567. The van der Waals surface area contributed by atoms with Gasteiger partial charge in [0.2, 0.25) is 0 Å². The molecule has 0 atom stereocenters. The standard InChI is InChI=1S/C13H18N2O2/c1-9-7-12(10(2)17-9)13(16)15-8-11-3-5-14-6-4-11/h3,7,14H,4-6,8H2,1-2H3,(H,15,16). The molecule has 0 saturated carbocycles. The van der Waals surface area contributed by atoms with Crippen LogP contribution in [0.1, 0.15) is 28.3 Å². The van der Waals surface area contributed by atoms with Crippen LogP contribution < -0.4 is 10.6 Å². The molecule has 0 aliphatic carbocycles. The van der Waals surface area contributed by atoms with Crippen molar-refractivity contribution >= 4 is 5.91 Å². The van der Waals surface area contributed by atoms with E-state index in [9.17, 15) is 4.79 Å². The summed E-state index contributed by atoms with van der Waals surface area (Å²) in [6.45, 7) is 6.18. The monoisotopic (exact) mass is 234 g/mol. The highest BCUT2D eigenvalue weighted by molar-refractivity contribution is 5.95. The largest absolute Gasteiger partial charge is 0.466 e. The average molecular weight is 234 g/mol. The van der Waals surface area contributed by atoms with Crippen molar-refractivity contribution in [1.82, 2.24) is 10.6 Å². The summed E-state index contributed by atoms with van der Waals surface area (Å²) < 4.78 is 5.34. The molecule has 1 aliphatic rings. The topological polar surface area (TPSA) is 54.3 Å². The molecule has 2 rings (SSSR count). The molecular weight excluding hydrogens is 216 g/mol. The number of hydrogen-bond donors (Lipinski definition) is 2. The lowest BCUT2D eigenvalue weighted by Crippen LogP contribution is -2.29. The van der Waals surface area contributed by atoms with Gasteiger partial charge in [0.25, 0.3) is 5.91 Å². The number of hydrogen-bond acceptors (Lipinski definition) is 3. The summed E-state index contributed by atoms with van der Waals surface area (Å²) in [5.41, 5.74) is 1.92. The van der Waals surface area contributed by atoms with Gasteiger partial charge in [-0.2, -0.15) is 0 Å². The minimum Gasteiger partial charge on any atom is -0.466 e. The Labute approximate surface area is 101 Å². The molecule has 4 nitrogen and oxygen atoms in total. The first kappa shape index (κ1) is 11.9. The highest BCUT2D eigenvalue weighted by Crippen LogP contribution is 2.13. The maximum Gasteiger partial charge on any atom is 0.255 e. The van der Waals surface area contributed by atoms with Crippen LogP contribution in [0.5, 0.6) is 0 Å². The molecule has 0 saturated heterocycles. The summed E-state index contributed by atoms with van der Waals surface area (Å²) in [7, 11) is 0. The van der Waals surface area contributed by atoms with Crippen LogP contribution in [0.4, 0.5) is 0 Å². The second kappa shape index (κ2) is 5.19. The predicted octanol–water partition coefficient (Wildman–Crippen LogP) is 1.55. The Balaban J connectivity index is 1.93. The smallest absolute Gasteiger partial charge is 0.255 e. The summed E-state index contributed by atoms with van der Waals surface area (Å²) in [5, 5.41) is 6.17. The second-order valence-corrected chi connectivity index (χ2v) is 4.33. The van der Waals surface area contributed by atoms with Crippen molar-refractivity contribution in [2.24, 2.45) is 0 Å². The van der Waals surface area contributed by atoms with Crippen molar-refractivity contribution in [3.05, 3.63) is 34.8 Å². The van der Waals surface area contributed by atoms with Gasteiger partial charge in [-0.3, -0.25) is 4.79 Å². The van der Waals surface area contributed by atoms with Crippen LogP contribution in [-0.2, 0) is 0 Å². The number of aryl methyl sites for hydroxylation is 2. The van der Waals surface area contributed by atoms with E-state index in [2.05, 4.69) is 16.7 Å². The molecule has 0 fully saturated rings. The van der Waals surface area contributed by atoms with Gasteiger partial charge in [0.1, 0.15) is 11.5 Å². The lowest BCUT2D eigenvalue weighted by Gasteiger charge is -2.14. The van der Waals surface area contributed by atoms with Crippen molar-refractivity contribution in [3.8, 4) is 0 Å². The predicted molar refractivity (Wildman–Crippen MR) is 66.1 cm³/mol. The Hall–Kier alpha value is -1.55. The fourth-order valence-corrected chi connectivity index (χ4v) is 1.98.